The van der Waals surface area contributed by atoms with Crippen LogP contribution < -0.4 is 0 Å². The maximum Gasteiger partial charge on any atom is 0.187 e. The summed E-state index contributed by atoms with van der Waals surface area (Å²) >= 11 is 0. The second kappa shape index (κ2) is 3.16. The van der Waals surface area contributed by atoms with Gasteiger partial charge in [0.2, 0.25) is 0 Å². The highest BCUT2D eigenvalue weighted by molar-refractivity contribution is 5.94. The van der Waals surface area contributed by atoms with Crippen molar-refractivity contribution >= 4 is 5.78 Å². The van der Waals surface area contributed by atoms with Gasteiger partial charge < -0.3 is 5.11 Å². The Kier molecular flexibility index (Phi) is 2.80. The molecule has 1 N–H and O–H groups in total. The van der Waals surface area contributed by atoms with Crippen LogP contribution in [0.1, 0.15) is 0 Å². The molecular weight excluding hydrogens is 104 g/mol. The molecule has 0 amide bonds. The van der Waals surface area contributed by atoms with Crippen molar-refractivity contribution in [3.8, 4) is 0 Å². The molecule has 0 aliphatic heterocycles. The van der Waals surface area contributed by atoms with Crippen LogP contribution in [0, 0.1) is 0 Å². The summed E-state index contributed by atoms with van der Waals surface area (Å²) in [6, 6.07) is 0. The maximum absolute atomic E-state index is 10.3. The van der Waals surface area contributed by atoms with Crippen molar-refractivity contribution in [3.63, 3.8) is 0 Å². The van der Waals surface area contributed by atoms with Gasteiger partial charge in [0.1, 0.15) is 6.10 Å². The molecule has 1 unspecified atom stereocenters. The molecule has 0 rings (SSSR count). The number of hydrogen-bond donors (Lipinski definition) is 1. The molecule has 0 aromatic heterocycles. The Balaban J connectivity index is 3.80. The van der Waals surface area contributed by atoms with Crippen LogP contribution in [-0.4, -0.2) is 17.0 Å². The Morgan fingerprint density at radius 3 is 2.25 bits per heavy atom. The van der Waals surface area contributed by atoms with Gasteiger partial charge in [-0.05, 0) is 6.08 Å². The number of carbonyl (C=O) groups excluding carboxylic acids is 1. The molecule has 0 saturated carbocycles. The van der Waals surface area contributed by atoms with Gasteiger partial charge in [-0.2, -0.15) is 0 Å². The van der Waals surface area contributed by atoms with E-state index in [1.54, 1.807) is 0 Å². The minimum atomic E-state index is -1.08. The predicted molar refractivity (Wildman–Crippen MR) is 31.4 cm³/mol. The molecule has 0 heterocycles. The number of hydrogen-bond acceptors (Lipinski definition) is 2. The van der Waals surface area contributed by atoms with Gasteiger partial charge in [0.05, 0.1) is 0 Å². The Labute approximate surface area is 48.1 Å². The Bertz CT molecular complexity index is 116. The topological polar surface area (TPSA) is 37.3 Å². The van der Waals surface area contributed by atoms with E-state index in [0.29, 0.717) is 0 Å². The summed E-state index contributed by atoms with van der Waals surface area (Å²) in [5, 5.41) is 8.59. The highest BCUT2D eigenvalue weighted by Gasteiger charge is 2.03. The lowest BCUT2D eigenvalue weighted by Crippen LogP contribution is -2.13. The van der Waals surface area contributed by atoms with Crippen LogP contribution in [-0.2, 0) is 4.79 Å². The van der Waals surface area contributed by atoms with Gasteiger partial charge >= 0.3 is 0 Å². The van der Waals surface area contributed by atoms with E-state index in [-0.39, 0.29) is 0 Å². The standard InChI is InChI=1S/C6H8O2/c1-3-5(7)6(8)4-2/h3-5,7H,1-2H2. The molecule has 44 valence electrons. The van der Waals surface area contributed by atoms with Crippen LogP contribution in [0.4, 0.5) is 0 Å². The molecule has 0 spiro atoms. The predicted octanol–water partition coefficient (Wildman–Crippen LogP) is 0.288. The molecule has 2 heteroatoms. The molecule has 0 aromatic rings. The zero-order valence-corrected chi connectivity index (χ0v) is 4.50. The van der Waals surface area contributed by atoms with Gasteiger partial charge in [0, 0.05) is 0 Å². The normalized spacial score (nSPS) is 12.1. The molecular formula is C6H8O2. The van der Waals surface area contributed by atoms with E-state index in [9.17, 15) is 4.79 Å². The average molecular weight is 112 g/mol. The molecule has 0 fully saturated rings. The monoisotopic (exact) mass is 112 g/mol. The summed E-state index contributed by atoms with van der Waals surface area (Å²) in [4.78, 5) is 10.3. The average Bonchev–Trinajstić information content (AvgIpc) is 1.84. The maximum atomic E-state index is 10.3. The number of carbonyl (C=O) groups is 1. The molecule has 0 aliphatic rings. The third kappa shape index (κ3) is 1.71. The molecule has 2 nitrogen and oxygen atoms in total. The molecule has 0 bridgehead atoms. The lowest BCUT2D eigenvalue weighted by molar-refractivity contribution is -0.120. The highest BCUT2D eigenvalue weighted by atomic mass is 16.3. The minimum Gasteiger partial charge on any atom is -0.381 e. The fraction of sp³-hybridized carbons (Fsp3) is 0.167. The minimum absolute atomic E-state index is 0.417. The first-order chi connectivity index (χ1) is 3.72. The van der Waals surface area contributed by atoms with Gasteiger partial charge in [0.25, 0.3) is 0 Å². The van der Waals surface area contributed by atoms with E-state index in [1.807, 2.05) is 0 Å². The summed E-state index contributed by atoms with van der Waals surface area (Å²) < 4.78 is 0. The Morgan fingerprint density at radius 1 is 1.62 bits per heavy atom. The van der Waals surface area contributed by atoms with Gasteiger partial charge in [0.15, 0.2) is 5.78 Å². The first kappa shape index (κ1) is 7.11. The van der Waals surface area contributed by atoms with Crippen LogP contribution in [0.2, 0.25) is 0 Å². The SMILES string of the molecule is C=CC(=O)C(O)C=C. The number of aliphatic hydroxyl groups is 1. The summed E-state index contributed by atoms with van der Waals surface area (Å²) in [5.41, 5.74) is 0. The van der Waals surface area contributed by atoms with Gasteiger partial charge in [-0.15, -0.1) is 6.58 Å². The fourth-order valence-electron chi connectivity index (χ4n) is 0.237. The molecule has 1 atom stereocenters. The molecule has 8 heavy (non-hydrogen) atoms. The first-order valence-corrected chi connectivity index (χ1v) is 2.19. The number of aliphatic hydroxyl groups excluding tert-OH is 1. The van der Waals surface area contributed by atoms with E-state index in [0.717, 1.165) is 12.2 Å². The summed E-state index contributed by atoms with van der Waals surface area (Å²) in [6.07, 6.45) is 1.14. The van der Waals surface area contributed by atoms with Crippen molar-refractivity contribution in [2.24, 2.45) is 0 Å². The van der Waals surface area contributed by atoms with Crippen molar-refractivity contribution in [2.45, 2.75) is 6.10 Å². The van der Waals surface area contributed by atoms with Gasteiger partial charge in [-0.3, -0.25) is 4.79 Å². The van der Waals surface area contributed by atoms with E-state index in [4.69, 9.17) is 5.11 Å². The van der Waals surface area contributed by atoms with Crippen LogP contribution in [0.3, 0.4) is 0 Å². The van der Waals surface area contributed by atoms with E-state index >= 15 is 0 Å². The molecule has 0 radical (unpaired) electrons. The molecule has 0 aliphatic carbocycles. The van der Waals surface area contributed by atoms with Crippen molar-refractivity contribution in [3.05, 3.63) is 25.3 Å². The smallest absolute Gasteiger partial charge is 0.187 e. The fourth-order valence-corrected chi connectivity index (χ4v) is 0.237. The lowest BCUT2D eigenvalue weighted by Gasteiger charge is -1.94. The Hall–Kier alpha value is -0.890. The van der Waals surface area contributed by atoms with Crippen molar-refractivity contribution in [2.75, 3.05) is 0 Å². The summed E-state index contributed by atoms with van der Waals surface area (Å²) in [7, 11) is 0. The first-order valence-electron chi connectivity index (χ1n) is 2.19. The zero-order chi connectivity index (χ0) is 6.57. The van der Waals surface area contributed by atoms with Crippen molar-refractivity contribution in [1.29, 1.82) is 0 Å². The zero-order valence-electron chi connectivity index (χ0n) is 4.50. The number of rotatable bonds is 3. The van der Waals surface area contributed by atoms with Crippen LogP contribution in [0.5, 0.6) is 0 Å². The van der Waals surface area contributed by atoms with E-state index in [2.05, 4.69) is 13.2 Å². The lowest BCUT2D eigenvalue weighted by atomic mass is 10.2. The van der Waals surface area contributed by atoms with Crippen LogP contribution >= 0.6 is 0 Å². The third-order valence-electron chi connectivity index (χ3n) is 0.716. The second-order valence-corrected chi connectivity index (χ2v) is 1.29. The molecule has 0 saturated heterocycles. The van der Waals surface area contributed by atoms with Crippen molar-refractivity contribution < 1.29 is 9.90 Å². The largest absolute Gasteiger partial charge is 0.381 e. The quantitative estimate of drug-likeness (QED) is 0.421. The Morgan fingerprint density at radius 2 is 2.12 bits per heavy atom. The highest BCUT2D eigenvalue weighted by Crippen LogP contribution is 1.85. The van der Waals surface area contributed by atoms with Crippen molar-refractivity contribution in [1.82, 2.24) is 0 Å². The second-order valence-electron chi connectivity index (χ2n) is 1.29. The van der Waals surface area contributed by atoms with Crippen LogP contribution in [0.15, 0.2) is 25.3 Å². The number of ketones is 1. The summed E-state index contributed by atoms with van der Waals surface area (Å²) in [6.45, 7) is 6.38. The van der Waals surface area contributed by atoms with Gasteiger partial charge in [-0.25, -0.2) is 0 Å². The van der Waals surface area contributed by atoms with Gasteiger partial charge in [-0.1, -0.05) is 12.7 Å². The van der Waals surface area contributed by atoms with Crippen LogP contribution in [0.25, 0.3) is 0 Å². The summed E-state index contributed by atoms with van der Waals surface area (Å²) in [5.74, 6) is -0.417. The third-order valence-corrected chi connectivity index (χ3v) is 0.716. The van der Waals surface area contributed by atoms with E-state index in [1.165, 1.54) is 0 Å². The molecule has 0 aromatic carbocycles. The van der Waals surface area contributed by atoms with E-state index < -0.39 is 11.9 Å².